The summed E-state index contributed by atoms with van der Waals surface area (Å²) in [6.07, 6.45) is 0. The minimum absolute atomic E-state index is 0.212. The van der Waals surface area contributed by atoms with Crippen LogP contribution in [0.2, 0.25) is 0 Å². The molecule has 28 heavy (non-hydrogen) atoms. The van der Waals surface area contributed by atoms with E-state index in [0.717, 1.165) is 33.0 Å². The lowest BCUT2D eigenvalue weighted by Gasteiger charge is -2.21. The van der Waals surface area contributed by atoms with Crippen LogP contribution in [0.5, 0.6) is 0 Å². The lowest BCUT2D eigenvalue weighted by atomic mass is 10.1. The number of aliphatic hydroxyl groups is 1. The maximum atomic E-state index is 14.1. The maximum absolute atomic E-state index is 14.1. The minimum atomic E-state index is -4.23. The molecular weight excluding hydrogens is 383 g/mol. The van der Waals surface area contributed by atoms with Crippen molar-refractivity contribution in [1.29, 1.82) is 0 Å². The third-order valence-electron chi connectivity index (χ3n) is 4.69. The Bertz CT molecular complexity index is 1190. The first-order valence-electron chi connectivity index (χ1n) is 8.72. The average Bonchev–Trinajstić information content (AvgIpc) is 2.63. The number of H-pyrrole nitrogens is 1. The quantitative estimate of drug-likeness (QED) is 0.660. The summed E-state index contributed by atoms with van der Waals surface area (Å²) in [5, 5.41) is 10.1. The molecule has 1 aromatic heterocycles. The van der Waals surface area contributed by atoms with E-state index in [4.69, 9.17) is 0 Å². The molecule has 0 bridgehead atoms. The van der Waals surface area contributed by atoms with Crippen molar-refractivity contribution < 1.29 is 17.9 Å². The van der Waals surface area contributed by atoms with Crippen LogP contribution in [0.1, 0.15) is 16.7 Å². The molecule has 0 fully saturated rings. The summed E-state index contributed by atoms with van der Waals surface area (Å²) in [4.78, 5) is 14.8. The summed E-state index contributed by atoms with van der Waals surface area (Å²) < 4.78 is 40.7. The maximum Gasteiger partial charge on any atom is 0.252 e. The zero-order chi connectivity index (χ0) is 20.5. The molecule has 6 nitrogen and oxygen atoms in total. The normalized spacial score (nSPS) is 12.0. The Balaban J connectivity index is 2.06. The van der Waals surface area contributed by atoms with Gasteiger partial charge in [-0.2, -0.15) is 4.31 Å². The predicted octanol–water partition coefficient (Wildman–Crippen LogP) is 2.47. The fraction of sp³-hybridized carbons (Fsp3) is 0.250. The Morgan fingerprint density at radius 2 is 1.79 bits per heavy atom. The SMILES string of the molecule is Cc1cc2cc(CN(CCO)S(=O)(=O)c3ccccc3F)c(=O)[nH]c2cc1C. The summed E-state index contributed by atoms with van der Waals surface area (Å²) in [5.41, 5.74) is 2.51. The molecule has 0 unspecified atom stereocenters. The molecule has 2 N–H and O–H groups in total. The van der Waals surface area contributed by atoms with Gasteiger partial charge in [0.25, 0.3) is 5.56 Å². The van der Waals surface area contributed by atoms with Crippen LogP contribution in [0, 0.1) is 19.7 Å². The van der Waals surface area contributed by atoms with Crippen molar-refractivity contribution in [1.82, 2.24) is 9.29 Å². The van der Waals surface area contributed by atoms with Gasteiger partial charge >= 0.3 is 0 Å². The molecule has 0 spiro atoms. The van der Waals surface area contributed by atoms with Crippen molar-refractivity contribution in [2.24, 2.45) is 0 Å². The Hall–Kier alpha value is -2.55. The van der Waals surface area contributed by atoms with E-state index < -0.39 is 32.9 Å². The molecule has 0 saturated heterocycles. The Kier molecular flexibility index (Phi) is 5.64. The van der Waals surface area contributed by atoms with Crippen molar-refractivity contribution >= 4 is 20.9 Å². The summed E-state index contributed by atoms with van der Waals surface area (Å²) in [6, 6.07) is 10.4. The largest absolute Gasteiger partial charge is 0.395 e. The van der Waals surface area contributed by atoms with E-state index in [1.165, 1.54) is 12.1 Å². The van der Waals surface area contributed by atoms with Gasteiger partial charge in [0.1, 0.15) is 10.7 Å². The van der Waals surface area contributed by atoms with E-state index in [9.17, 15) is 22.7 Å². The van der Waals surface area contributed by atoms with E-state index >= 15 is 0 Å². The number of nitrogens with one attached hydrogen (secondary N) is 1. The van der Waals surface area contributed by atoms with E-state index in [-0.39, 0.29) is 18.7 Å². The van der Waals surface area contributed by atoms with Gasteiger partial charge in [0.15, 0.2) is 0 Å². The lowest BCUT2D eigenvalue weighted by Crippen LogP contribution is -2.35. The third-order valence-corrected chi connectivity index (χ3v) is 6.56. The van der Waals surface area contributed by atoms with E-state index in [2.05, 4.69) is 4.98 Å². The highest BCUT2D eigenvalue weighted by Gasteiger charge is 2.27. The highest BCUT2D eigenvalue weighted by atomic mass is 32.2. The standard InChI is InChI=1S/C20H21FN2O4S/c1-13-9-15-11-16(20(25)22-18(15)10-14(13)2)12-23(7-8-24)28(26,27)19-6-4-3-5-17(19)21/h3-6,9-11,24H,7-8,12H2,1-2H3,(H,22,25). The van der Waals surface area contributed by atoms with Crippen molar-refractivity contribution in [3.05, 3.63) is 75.3 Å². The van der Waals surface area contributed by atoms with Gasteiger partial charge in [0.2, 0.25) is 10.0 Å². The molecule has 0 aliphatic heterocycles. The van der Waals surface area contributed by atoms with Gasteiger partial charge in [-0.3, -0.25) is 4.79 Å². The smallest absolute Gasteiger partial charge is 0.252 e. The monoisotopic (exact) mass is 404 g/mol. The van der Waals surface area contributed by atoms with Crippen LogP contribution in [0.4, 0.5) is 4.39 Å². The number of fused-ring (bicyclic) bond motifs is 1. The first-order chi connectivity index (χ1) is 13.2. The topological polar surface area (TPSA) is 90.5 Å². The number of aryl methyl sites for hydroxylation is 2. The van der Waals surface area contributed by atoms with E-state index in [1.54, 1.807) is 6.07 Å². The van der Waals surface area contributed by atoms with Crippen LogP contribution in [0.3, 0.4) is 0 Å². The molecule has 0 radical (unpaired) electrons. The first kappa shape index (κ1) is 20.2. The fourth-order valence-corrected chi connectivity index (χ4v) is 4.49. The molecule has 0 saturated carbocycles. The Morgan fingerprint density at radius 3 is 2.46 bits per heavy atom. The second-order valence-electron chi connectivity index (χ2n) is 6.64. The zero-order valence-corrected chi connectivity index (χ0v) is 16.4. The molecule has 0 aliphatic carbocycles. The minimum Gasteiger partial charge on any atom is -0.395 e. The molecular formula is C20H21FN2O4S. The number of aromatic amines is 1. The molecule has 1 heterocycles. The lowest BCUT2D eigenvalue weighted by molar-refractivity contribution is 0.250. The summed E-state index contributed by atoms with van der Waals surface area (Å²) in [5.74, 6) is -0.885. The van der Waals surface area contributed by atoms with Gasteiger partial charge in [0.05, 0.1) is 6.61 Å². The summed E-state index contributed by atoms with van der Waals surface area (Å²) in [6.45, 7) is 2.87. The van der Waals surface area contributed by atoms with Crippen molar-refractivity contribution in [2.75, 3.05) is 13.2 Å². The second kappa shape index (κ2) is 7.83. The van der Waals surface area contributed by atoms with Crippen LogP contribution < -0.4 is 5.56 Å². The molecule has 0 amide bonds. The Morgan fingerprint density at radius 1 is 1.11 bits per heavy atom. The molecule has 2 aromatic carbocycles. The highest BCUT2D eigenvalue weighted by Crippen LogP contribution is 2.22. The number of aromatic nitrogens is 1. The fourth-order valence-electron chi connectivity index (χ4n) is 3.02. The number of pyridine rings is 1. The number of hydrogen-bond acceptors (Lipinski definition) is 4. The number of benzene rings is 2. The van der Waals surface area contributed by atoms with Crippen molar-refractivity contribution in [3.8, 4) is 0 Å². The summed E-state index contributed by atoms with van der Waals surface area (Å²) in [7, 11) is -4.23. The number of halogens is 1. The van der Waals surface area contributed by atoms with Crippen LogP contribution in [0.15, 0.2) is 52.2 Å². The van der Waals surface area contributed by atoms with Crippen LogP contribution in [0.25, 0.3) is 10.9 Å². The van der Waals surface area contributed by atoms with Crippen LogP contribution in [-0.2, 0) is 16.6 Å². The molecule has 3 rings (SSSR count). The second-order valence-corrected chi connectivity index (χ2v) is 8.55. The van der Waals surface area contributed by atoms with Gasteiger partial charge < -0.3 is 10.1 Å². The van der Waals surface area contributed by atoms with Gasteiger partial charge in [0, 0.05) is 24.2 Å². The van der Waals surface area contributed by atoms with Gasteiger partial charge in [-0.25, -0.2) is 12.8 Å². The van der Waals surface area contributed by atoms with E-state index in [1.807, 2.05) is 26.0 Å². The van der Waals surface area contributed by atoms with Gasteiger partial charge in [-0.15, -0.1) is 0 Å². The van der Waals surface area contributed by atoms with Crippen LogP contribution >= 0.6 is 0 Å². The van der Waals surface area contributed by atoms with Crippen molar-refractivity contribution in [3.63, 3.8) is 0 Å². The number of aliphatic hydroxyl groups excluding tert-OH is 1. The van der Waals surface area contributed by atoms with Crippen LogP contribution in [-0.4, -0.2) is 36.0 Å². The van der Waals surface area contributed by atoms with Crippen molar-refractivity contribution in [2.45, 2.75) is 25.3 Å². The van der Waals surface area contributed by atoms with E-state index in [0.29, 0.717) is 5.52 Å². The predicted molar refractivity (Wildman–Crippen MR) is 105 cm³/mol. The number of nitrogens with zero attached hydrogens (tertiary/aromatic N) is 1. The molecule has 0 atom stereocenters. The number of rotatable bonds is 6. The number of sulfonamides is 1. The molecule has 0 aliphatic rings. The number of hydrogen-bond donors (Lipinski definition) is 2. The third kappa shape index (κ3) is 3.84. The average molecular weight is 404 g/mol. The molecule has 8 heteroatoms. The van der Waals surface area contributed by atoms with Gasteiger partial charge in [-0.1, -0.05) is 12.1 Å². The molecule has 148 valence electrons. The highest BCUT2D eigenvalue weighted by molar-refractivity contribution is 7.89. The van der Waals surface area contributed by atoms with Gasteiger partial charge in [-0.05, 0) is 60.7 Å². The summed E-state index contributed by atoms with van der Waals surface area (Å²) >= 11 is 0. The first-order valence-corrected chi connectivity index (χ1v) is 10.2. The molecule has 3 aromatic rings. The Labute approximate surface area is 162 Å². The zero-order valence-electron chi connectivity index (χ0n) is 15.6.